The molecule has 0 aliphatic rings. The smallest absolute Gasteiger partial charge is 0.204 e. The summed E-state index contributed by atoms with van der Waals surface area (Å²) in [5, 5.41) is 10.6. The lowest BCUT2D eigenvalue weighted by atomic mass is 9.92. The summed E-state index contributed by atoms with van der Waals surface area (Å²) < 4.78 is 0. The Morgan fingerprint density at radius 1 is 0.300 bits per heavy atom. The van der Waals surface area contributed by atoms with Crippen molar-refractivity contribution in [2.45, 2.75) is 296 Å². The second kappa shape index (κ2) is 44.8. The highest BCUT2D eigenvalue weighted by Crippen LogP contribution is 2.20. The van der Waals surface area contributed by atoms with Crippen molar-refractivity contribution in [1.82, 2.24) is 0 Å². The lowest BCUT2D eigenvalue weighted by Gasteiger charge is -2.17. The van der Waals surface area contributed by atoms with Crippen LogP contribution >= 0.6 is 0 Å². The van der Waals surface area contributed by atoms with Gasteiger partial charge in [0.1, 0.15) is 0 Å². The molecule has 0 saturated heterocycles. The molecule has 50 heavy (non-hydrogen) atoms. The van der Waals surface area contributed by atoms with Crippen molar-refractivity contribution >= 4 is 6.29 Å². The zero-order valence-electron chi connectivity index (χ0n) is 34.9. The van der Waals surface area contributed by atoms with Crippen molar-refractivity contribution in [3.8, 4) is 0 Å². The Balaban J connectivity index is 3.34. The molecule has 0 rings (SSSR count). The van der Waals surface area contributed by atoms with Crippen molar-refractivity contribution in [2.75, 3.05) is 0 Å². The zero-order chi connectivity index (χ0) is 36.3. The lowest BCUT2D eigenvalue weighted by molar-refractivity contribution is 0.118. The highest BCUT2D eigenvalue weighted by atomic mass is 16.3. The molecular formula is C48H95O2. The van der Waals surface area contributed by atoms with E-state index in [0.29, 0.717) is 0 Å². The summed E-state index contributed by atoms with van der Waals surface area (Å²) >= 11 is 0. The molecule has 0 heterocycles. The fraction of sp³-hybridized carbons (Fsp3) is 0.979. The minimum atomic E-state index is -0.479. The molecule has 0 aromatic rings. The van der Waals surface area contributed by atoms with E-state index in [9.17, 15) is 9.90 Å². The maximum atomic E-state index is 11.5. The van der Waals surface area contributed by atoms with Crippen molar-refractivity contribution in [1.29, 1.82) is 0 Å². The van der Waals surface area contributed by atoms with Crippen LogP contribution in [0, 0.1) is 5.92 Å². The highest BCUT2D eigenvalue weighted by molar-refractivity contribution is 5.55. The number of carbonyl (C=O) groups excluding carboxylic acids is 1. The van der Waals surface area contributed by atoms with Gasteiger partial charge in [0.15, 0.2) is 0 Å². The first kappa shape index (κ1) is 49.6. The van der Waals surface area contributed by atoms with E-state index >= 15 is 0 Å². The number of aliphatic hydroxyl groups is 1. The topological polar surface area (TPSA) is 37.3 Å². The molecule has 0 aliphatic heterocycles. The summed E-state index contributed by atoms with van der Waals surface area (Å²) in [5.41, 5.74) is 0. The SMILES string of the molecule is CCCCCCCCCCCCCCCCCCCCCCCC(O)C([C]=O)CCCCCCCCCCCCCCCCCCCCCC. The van der Waals surface area contributed by atoms with Gasteiger partial charge in [-0.15, -0.1) is 0 Å². The maximum absolute atomic E-state index is 11.5. The van der Waals surface area contributed by atoms with Gasteiger partial charge in [-0.1, -0.05) is 277 Å². The first-order chi connectivity index (χ1) is 24.8. The fourth-order valence-corrected chi connectivity index (χ4v) is 7.94. The van der Waals surface area contributed by atoms with Gasteiger partial charge in [-0.3, -0.25) is 4.79 Å². The van der Waals surface area contributed by atoms with Gasteiger partial charge < -0.3 is 5.11 Å². The quantitative estimate of drug-likeness (QED) is 0.0641. The van der Waals surface area contributed by atoms with E-state index in [2.05, 4.69) is 20.1 Å². The second-order valence-electron chi connectivity index (χ2n) is 16.7. The van der Waals surface area contributed by atoms with Gasteiger partial charge in [-0.25, -0.2) is 0 Å². The molecule has 0 spiro atoms. The van der Waals surface area contributed by atoms with Crippen LogP contribution in [0.25, 0.3) is 0 Å². The number of unbranched alkanes of at least 4 members (excludes halogenated alkanes) is 39. The Labute approximate surface area is 317 Å². The van der Waals surface area contributed by atoms with Crippen molar-refractivity contribution in [2.24, 2.45) is 5.92 Å². The highest BCUT2D eigenvalue weighted by Gasteiger charge is 2.18. The standard InChI is InChI=1S/C48H95O2/c1-3-5-7-9-11-13-15-17-19-21-23-25-27-29-31-33-35-37-39-41-43-45-48(50)47(46-49)44-42-40-38-36-34-32-30-28-26-24-22-20-18-16-14-12-10-8-6-4-2/h47-48,50H,3-45H2,1-2H3. The van der Waals surface area contributed by atoms with Crippen LogP contribution in [-0.2, 0) is 4.79 Å². The molecule has 2 nitrogen and oxygen atoms in total. The van der Waals surface area contributed by atoms with Gasteiger partial charge in [-0.05, 0) is 12.8 Å². The Morgan fingerprint density at radius 2 is 0.480 bits per heavy atom. The fourth-order valence-electron chi connectivity index (χ4n) is 7.94. The van der Waals surface area contributed by atoms with E-state index < -0.39 is 6.10 Å². The lowest BCUT2D eigenvalue weighted by Crippen LogP contribution is -2.21. The second-order valence-corrected chi connectivity index (χ2v) is 16.7. The zero-order valence-corrected chi connectivity index (χ0v) is 34.9. The molecule has 0 saturated carbocycles. The third-order valence-corrected chi connectivity index (χ3v) is 11.6. The van der Waals surface area contributed by atoms with Gasteiger partial charge in [0.25, 0.3) is 0 Å². The Bertz CT molecular complexity index is 603. The van der Waals surface area contributed by atoms with E-state index in [-0.39, 0.29) is 5.92 Å². The van der Waals surface area contributed by atoms with Gasteiger partial charge >= 0.3 is 0 Å². The van der Waals surface area contributed by atoms with Crippen LogP contribution in [0.3, 0.4) is 0 Å². The van der Waals surface area contributed by atoms with Crippen LogP contribution in [0.1, 0.15) is 290 Å². The molecule has 0 aliphatic carbocycles. The normalized spacial score (nSPS) is 12.9. The van der Waals surface area contributed by atoms with E-state index in [1.54, 1.807) is 0 Å². The van der Waals surface area contributed by atoms with Crippen molar-refractivity contribution in [3.05, 3.63) is 0 Å². The third-order valence-electron chi connectivity index (χ3n) is 11.6. The average Bonchev–Trinajstić information content (AvgIpc) is 3.12. The number of hydrogen-bond donors (Lipinski definition) is 1. The molecule has 0 bridgehead atoms. The molecule has 1 N–H and O–H groups in total. The predicted octanol–water partition coefficient (Wildman–Crippen LogP) is 16.9. The van der Waals surface area contributed by atoms with E-state index in [4.69, 9.17) is 0 Å². The van der Waals surface area contributed by atoms with Gasteiger partial charge in [0.2, 0.25) is 6.29 Å². The molecule has 0 aromatic heterocycles. The number of aliphatic hydroxyl groups excluding tert-OH is 1. The summed E-state index contributed by atoms with van der Waals surface area (Å²) in [6.07, 6.45) is 60.3. The molecule has 2 heteroatoms. The van der Waals surface area contributed by atoms with E-state index in [1.165, 1.54) is 250 Å². The molecular weight excluding hydrogens is 609 g/mol. The number of hydrogen-bond acceptors (Lipinski definition) is 2. The van der Waals surface area contributed by atoms with Crippen LogP contribution in [0.5, 0.6) is 0 Å². The minimum Gasteiger partial charge on any atom is -0.392 e. The van der Waals surface area contributed by atoms with E-state index in [1.807, 2.05) is 0 Å². The van der Waals surface area contributed by atoms with Crippen LogP contribution in [0.4, 0.5) is 0 Å². The molecule has 299 valence electrons. The van der Waals surface area contributed by atoms with Gasteiger partial charge in [0.05, 0.1) is 12.0 Å². The molecule has 0 aromatic carbocycles. The molecule has 2 unspecified atom stereocenters. The van der Waals surface area contributed by atoms with Gasteiger partial charge in [0, 0.05) is 0 Å². The molecule has 0 fully saturated rings. The maximum Gasteiger partial charge on any atom is 0.204 e. The first-order valence-electron chi connectivity index (χ1n) is 23.8. The Hall–Kier alpha value is -0.370. The van der Waals surface area contributed by atoms with Gasteiger partial charge in [-0.2, -0.15) is 0 Å². The summed E-state index contributed by atoms with van der Waals surface area (Å²) in [5.74, 6) is -0.268. The van der Waals surface area contributed by atoms with Crippen LogP contribution in [0.2, 0.25) is 0 Å². The largest absolute Gasteiger partial charge is 0.392 e. The monoisotopic (exact) mass is 704 g/mol. The predicted molar refractivity (Wildman–Crippen MR) is 225 cm³/mol. The van der Waals surface area contributed by atoms with Crippen LogP contribution in [0.15, 0.2) is 0 Å². The summed E-state index contributed by atoms with van der Waals surface area (Å²) in [4.78, 5) is 11.5. The Kier molecular flexibility index (Phi) is 44.5. The van der Waals surface area contributed by atoms with Crippen LogP contribution in [-0.4, -0.2) is 17.5 Å². The minimum absolute atomic E-state index is 0.268. The van der Waals surface area contributed by atoms with Crippen molar-refractivity contribution < 1.29 is 9.90 Å². The summed E-state index contributed by atoms with van der Waals surface area (Å²) in [6, 6.07) is 0. The molecule has 0 amide bonds. The summed E-state index contributed by atoms with van der Waals surface area (Å²) in [7, 11) is 0. The number of rotatable bonds is 45. The van der Waals surface area contributed by atoms with Crippen LogP contribution < -0.4 is 0 Å². The van der Waals surface area contributed by atoms with E-state index in [0.717, 1.165) is 25.7 Å². The van der Waals surface area contributed by atoms with Crippen molar-refractivity contribution in [3.63, 3.8) is 0 Å². The summed E-state index contributed by atoms with van der Waals surface area (Å²) in [6.45, 7) is 4.60. The molecule has 1 radical (unpaired) electrons. The average molecular weight is 704 g/mol. The third kappa shape index (κ3) is 40.4. The first-order valence-corrected chi connectivity index (χ1v) is 23.8. The molecule has 2 atom stereocenters. The Morgan fingerprint density at radius 3 is 0.680 bits per heavy atom.